The zero-order chi connectivity index (χ0) is 18.7. The highest BCUT2D eigenvalue weighted by atomic mass is 16.2. The van der Waals surface area contributed by atoms with Crippen molar-refractivity contribution in [1.29, 1.82) is 0 Å². The van der Waals surface area contributed by atoms with E-state index in [9.17, 15) is 9.59 Å². The van der Waals surface area contributed by atoms with Gasteiger partial charge in [0.15, 0.2) is 0 Å². The van der Waals surface area contributed by atoms with Crippen LogP contribution in [0.3, 0.4) is 0 Å². The third kappa shape index (κ3) is 3.85. The molecular weight excluding hydrogens is 328 g/mol. The number of anilines is 2. The highest BCUT2D eigenvalue weighted by Crippen LogP contribution is 2.26. The van der Waals surface area contributed by atoms with E-state index in [2.05, 4.69) is 43.2 Å². The number of nitrogens with one attached hydrogen (secondary N) is 1. The second-order valence-electron chi connectivity index (χ2n) is 6.79. The van der Waals surface area contributed by atoms with E-state index in [0.717, 1.165) is 28.9 Å². The van der Waals surface area contributed by atoms with E-state index in [4.69, 9.17) is 0 Å². The first-order chi connectivity index (χ1) is 12.5. The van der Waals surface area contributed by atoms with Crippen molar-refractivity contribution in [3.8, 4) is 0 Å². The van der Waals surface area contributed by atoms with Crippen molar-refractivity contribution in [3.05, 3.63) is 52.8 Å². The Balaban J connectivity index is 1.76. The summed E-state index contributed by atoms with van der Waals surface area (Å²) in [6, 6.07) is 6.09. The maximum Gasteiger partial charge on any atom is 0.255 e. The predicted octanol–water partition coefficient (Wildman–Crippen LogP) is 2.66. The molecule has 1 aromatic heterocycles. The summed E-state index contributed by atoms with van der Waals surface area (Å²) in [6.07, 6.45) is 4.15. The van der Waals surface area contributed by atoms with Crippen LogP contribution in [0.25, 0.3) is 0 Å². The van der Waals surface area contributed by atoms with Crippen molar-refractivity contribution in [2.75, 3.05) is 31.5 Å². The molecule has 2 amide bonds. The molecule has 6 nitrogen and oxygen atoms in total. The molecule has 0 atom stereocenters. The standard InChI is InChI=1S/C20H24N4O2/c1-14-8-15(2)19(16(3)9-14)22-18-10-17(11-21-12-18)20(26)24-6-4-23(13-25)5-7-24/h8-13,22H,4-7H2,1-3H3. The number of hydrogen-bond donors (Lipinski definition) is 1. The summed E-state index contributed by atoms with van der Waals surface area (Å²) in [4.78, 5) is 31.2. The number of carbonyl (C=O) groups is 2. The Hall–Kier alpha value is -2.89. The summed E-state index contributed by atoms with van der Waals surface area (Å²) in [7, 11) is 0. The third-order valence-electron chi connectivity index (χ3n) is 4.68. The van der Waals surface area contributed by atoms with Crippen LogP contribution >= 0.6 is 0 Å². The number of nitrogens with zero attached hydrogens (tertiary/aromatic N) is 3. The van der Waals surface area contributed by atoms with Crippen LogP contribution in [0.15, 0.2) is 30.6 Å². The van der Waals surface area contributed by atoms with E-state index >= 15 is 0 Å². The largest absolute Gasteiger partial charge is 0.354 e. The number of carbonyl (C=O) groups excluding carboxylic acids is 2. The first kappa shape index (κ1) is 17.9. The molecule has 0 radical (unpaired) electrons. The van der Waals surface area contributed by atoms with Crippen molar-refractivity contribution in [2.24, 2.45) is 0 Å². The summed E-state index contributed by atoms with van der Waals surface area (Å²) < 4.78 is 0. The SMILES string of the molecule is Cc1cc(C)c(Nc2cncc(C(=O)N3CCN(C=O)CC3)c2)c(C)c1. The van der Waals surface area contributed by atoms with Gasteiger partial charge in [-0.3, -0.25) is 14.6 Å². The predicted molar refractivity (Wildman–Crippen MR) is 102 cm³/mol. The minimum atomic E-state index is -0.0518. The molecular formula is C20H24N4O2. The molecule has 0 aliphatic carbocycles. The number of aryl methyl sites for hydroxylation is 3. The molecule has 0 bridgehead atoms. The van der Waals surface area contributed by atoms with Gasteiger partial charge in [-0.25, -0.2) is 0 Å². The first-order valence-corrected chi connectivity index (χ1v) is 8.76. The van der Waals surface area contributed by atoms with Gasteiger partial charge in [0.25, 0.3) is 5.91 Å². The average molecular weight is 352 g/mol. The molecule has 1 fully saturated rings. The number of aromatic nitrogens is 1. The third-order valence-corrected chi connectivity index (χ3v) is 4.68. The normalized spacial score (nSPS) is 14.3. The van der Waals surface area contributed by atoms with Crippen LogP contribution in [0.1, 0.15) is 27.0 Å². The number of hydrogen-bond acceptors (Lipinski definition) is 4. The van der Waals surface area contributed by atoms with Gasteiger partial charge in [-0.1, -0.05) is 17.7 Å². The fourth-order valence-corrected chi connectivity index (χ4v) is 3.36. The summed E-state index contributed by atoms with van der Waals surface area (Å²) in [6.45, 7) is 8.45. The van der Waals surface area contributed by atoms with Gasteiger partial charge in [0, 0.05) is 38.1 Å². The summed E-state index contributed by atoms with van der Waals surface area (Å²) in [5.41, 5.74) is 5.92. The van der Waals surface area contributed by atoms with Gasteiger partial charge < -0.3 is 15.1 Å². The number of pyridine rings is 1. The van der Waals surface area contributed by atoms with Gasteiger partial charge in [-0.2, -0.15) is 0 Å². The Bertz CT molecular complexity index is 803. The first-order valence-electron chi connectivity index (χ1n) is 8.76. The van der Waals surface area contributed by atoms with Crippen LogP contribution in [0.5, 0.6) is 0 Å². The zero-order valence-corrected chi connectivity index (χ0v) is 15.5. The molecule has 3 rings (SSSR count). The second-order valence-corrected chi connectivity index (χ2v) is 6.79. The molecule has 1 saturated heterocycles. The van der Waals surface area contributed by atoms with Crippen molar-refractivity contribution in [2.45, 2.75) is 20.8 Å². The lowest BCUT2D eigenvalue weighted by Gasteiger charge is -2.32. The van der Waals surface area contributed by atoms with Gasteiger partial charge >= 0.3 is 0 Å². The minimum absolute atomic E-state index is 0.0518. The molecule has 1 aliphatic heterocycles. The molecule has 0 saturated carbocycles. The fraction of sp³-hybridized carbons (Fsp3) is 0.350. The molecule has 2 heterocycles. The Kier molecular flexibility index (Phi) is 5.21. The van der Waals surface area contributed by atoms with Gasteiger partial charge in [0.2, 0.25) is 6.41 Å². The van der Waals surface area contributed by atoms with Crippen LogP contribution in [0.2, 0.25) is 0 Å². The highest BCUT2D eigenvalue weighted by Gasteiger charge is 2.21. The van der Waals surface area contributed by atoms with Gasteiger partial charge in [0.05, 0.1) is 17.4 Å². The Morgan fingerprint density at radius 1 is 1.04 bits per heavy atom. The molecule has 2 aromatic rings. The smallest absolute Gasteiger partial charge is 0.255 e. The number of amides is 2. The Labute approximate surface area is 153 Å². The molecule has 1 aliphatic rings. The molecule has 0 unspecified atom stereocenters. The summed E-state index contributed by atoms with van der Waals surface area (Å²) in [5, 5.41) is 3.39. The van der Waals surface area contributed by atoms with E-state index in [1.807, 2.05) is 6.07 Å². The Morgan fingerprint density at radius 3 is 2.31 bits per heavy atom. The second kappa shape index (κ2) is 7.56. The van der Waals surface area contributed by atoms with Gasteiger partial charge in [-0.05, 0) is 38.0 Å². The monoisotopic (exact) mass is 352 g/mol. The quantitative estimate of drug-likeness (QED) is 0.859. The fourth-order valence-electron chi connectivity index (χ4n) is 3.36. The maximum absolute atomic E-state index is 12.7. The highest BCUT2D eigenvalue weighted by molar-refractivity contribution is 5.95. The number of piperazine rings is 1. The van der Waals surface area contributed by atoms with Crippen molar-refractivity contribution in [3.63, 3.8) is 0 Å². The molecule has 6 heteroatoms. The maximum atomic E-state index is 12.7. The van der Waals surface area contributed by atoms with Gasteiger partial charge in [-0.15, -0.1) is 0 Å². The van der Waals surface area contributed by atoms with Crippen molar-refractivity contribution in [1.82, 2.24) is 14.8 Å². The summed E-state index contributed by atoms with van der Waals surface area (Å²) in [5.74, 6) is -0.0518. The lowest BCUT2D eigenvalue weighted by atomic mass is 10.0. The van der Waals surface area contributed by atoms with Crippen LogP contribution in [0, 0.1) is 20.8 Å². The van der Waals surface area contributed by atoms with E-state index in [0.29, 0.717) is 31.7 Å². The lowest BCUT2D eigenvalue weighted by Crippen LogP contribution is -2.48. The van der Waals surface area contributed by atoms with E-state index in [-0.39, 0.29) is 5.91 Å². The Morgan fingerprint density at radius 2 is 1.69 bits per heavy atom. The van der Waals surface area contributed by atoms with Gasteiger partial charge in [0.1, 0.15) is 0 Å². The topological polar surface area (TPSA) is 65.5 Å². The van der Waals surface area contributed by atoms with Crippen LogP contribution in [0.4, 0.5) is 11.4 Å². The number of benzene rings is 1. The number of rotatable bonds is 4. The van der Waals surface area contributed by atoms with Crippen LogP contribution < -0.4 is 5.32 Å². The molecule has 26 heavy (non-hydrogen) atoms. The molecule has 0 spiro atoms. The molecule has 1 N–H and O–H groups in total. The van der Waals surface area contributed by atoms with Crippen LogP contribution in [-0.2, 0) is 4.79 Å². The zero-order valence-electron chi connectivity index (χ0n) is 15.5. The van der Waals surface area contributed by atoms with Crippen molar-refractivity contribution >= 4 is 23.7 Å². The van der Waals surface area contributed by atoms with Crippen molar-refractivity contribution < 1.29 is 9.59 Å². The molecule has 136 valence electrons. The molecule has 1 aromatic carbocycles. The lowest BCUT2D eigenvalue weighted by molar-refractivity contribution is -0.119. The average Bonchev–Trinajstić information content (AvgIpc) is 2.64. The van der Waals surface area contributed by atoms with E-state index in [1.54, 1.807) is 22.2 Å². The van der Waals surface area contributed by atoms with Crippen LogP contribution in [-0.4, -0.2) is 53.3 Å². The minimum Gasteiger partial charge on any atom is -0.354 e. The van der Waals surface area contributed by atoms with E-state index < -0.39 is 0 Å². The summed E-state index contributed by atoms with van der Waals surface area (Å²) >= 11 is 0. The van der Waals surface area contributed by atoms with E-state index in [1.165, 1.54) is 5.56 Å².